The number of nitrogens with zero attached hydrogens (tertiary/aromatic N) is 2. The maximum atomic E-state index is 11.4. The quantitative estimate of drug-likeness (QED) is 0.821. The normalized spacial score (nSPS) is 13.8. The predicted octanol–water partition coefficient (Wildman–Crippen LogP) is 2.61. The zero-order chi connectivity index (χ0) is 15.3. The molecule has 1 heterocycles. The summed E-state index contributed by atoms with van der Waals surface area (Å²) in [7, 11) is 0. The van der Waals surface area contributed by atoms with Gasteiger partial charge < -0.3 is 9.67 Å². The third-order valence-corrected chi connectivity index (χ3v) is 3.64. The molecule has 2 rings (SSSR count). The molecule has 5 nitrogen and oxygen atoms in total. The van der Waals surface area contributed by atoms with Gasteiger partial charge >= 0.3 is 5.97 Å². The molecule has 0 aliphatic carbocycles. The van der Waals surface area contributed by atoms with E-state index in [0.717, 1.165) is 17.7 Å². The van der Waals surface area contributed by atoms with Crippen LogP contribution in [0.25, 0.3) is 5.69 Å². The summed E-state index contributed by atoms with van der Waals surface area (Å²) in [6, 6.07) is 7.99. The van der Waals surface area contributed by atoms with E-state index in [1.807, 2.05) is 42.0 Å². The zero-order valence-corrected chi connectivity index (χ0v) is 12.4. The number of imidazole rings is 1. The summed E-state index contributed by atoms with van der Waals surface area (Å²) in [6.07, 6.45) is 6.80. The Bertz CT molecular complexity index is 578. The van der Waals surface area contributed by atoms with Gasteiger partial charge in [0.1, 0.15) is 5.54 Å². The van der Waals surface area contributed by atoms with Crippen LogP contribution in [-0.4, -0.2) is 26.2 Å². The summed E-state index contributed by atoms with van der Waals surface area (Å²) in [5.41, 5.74) is 1.21. The van der Waals surface area contributed by atoms with Gasteiger partial charge in [-0.2, -0.15) is 0 Å². The van der Waals surface area contributed by atoms with Crippen LogP contribution < -0.4 is 5.32 Å². The van der Waals surface area contributed by atoms with Crippen molar-refractivity contribution >= 4 is 5.97 Å². The minimum atomic E-state index is -0.877. The van der Waals surface area contributed by atoms with E-state index in [0.29, 0.717) is 13.0 Å². The van der Waals surface area contributed by atoms with Gasteiger partial charge in [0.15, 0.2) is 0 Å². The van der Waals surface area contributed by atoms with Crippen LogP contribution in [0.4, 0.5) is 0 Å². The van der Waals surface area contributed by atoms with E-state index in [9.17, 15) is 9.90 Å². The molecule has 2 N–H and O–H groups in total. The Labute approximate surface area is 124 Å². The van der Waals surface area contributed by atoms with E-state index >= 15 is 0 Å². The second-order valence-electron chi connectivity index (χ2n) is 5.38. The highest BCUT2D eigenvalue weighted by atomic mass is 16.4. The highest BCUT2D eigenvalue weighted by molar-refractivity contribution is 5.78. The molecule has 0 fully saturated rings. The predicted molar refractivity (Wildman–Crippen MR) is 81.4 cm³/mol. The average molecular weight is 287 g/mol. The first-order chi connectivity index (χ1) is 10.0. The van der Waals surface area contributed by atoms with Gasteiger partial charge in [0, 0.05) is 24.6 Å². The number of aliphatic carboxylic acids is 1. The maximum Gasteiger partial charge on any atom is 0.323 e. The molecule has 0 amide bonds. The third-order valence-electron chi connectivity index (χ3n) is 3.64. The molecular formula is C16H21N3O2. The molecule has 0 saturated heterocycles. The van der Waals surface area contributed by atoms with Gasteiger partial charge in [0.25, 0.3) is 0 Å². The Morgan fingerprint density at radius 2 is 2.10 bits per heavy atom. The van der Waals surface area contributed by atoms with Crippen LogP contribution in [0.15, 0.2) is 43.0 Å². The van der Waals surface area contributed by atoms with Crippen LogP contribution in [0.2, 0.25) is 0 Å². The van der Waals surface area contributed by atoms with Crippen molar-refractivity contribution in [3.8, 4) is 5.69 Å². The Morgan fingerprint density at radius 3 is 2.62 bits per heavy atom. The molecule has 0 radical (unpaired) electrons. The highest BCUT2D eigenvalue weighted by Gasteiger charge is 2.31. The van der Waals surface area contributed by atoms with Crippen LogP contribution >= 0.6 is 0 Å². The van der Waals surface area contributed by atoms with Gasteiger partial charge in [-0.05, 0) is 31.0 Å². The largest absolute Gasteiger partial charge is 0.480 e. The molecule has 5 heteroatoms. The monoisotopic (exact) mass is 287 g/mol. The number of aromatic nitrogens is 2. The lowest BCUT2D eigenvalue weighted by atomic mass is 9.96. The molecule has 0 saturated carbocycles. The van der Waals surface area contributed by atoms with E-state index in [1.54, 1.807) is 19.4 Å². The van der Waals surface area contributed by atoms with Crippen molar-refractivity contribution in [2.24, 2.45) is 0 Å². The van der Waals surface area contributed by atoms with Crippen molar-refractivity contribution in [1.29, 1.82) is 0 Å². The van der Waals surface area contributed by atoms with Gasteiger partial charge in [0.2, 0.25) is 0 Å². The van der Waals surface area contributed by atoms with Crippen LogP contribution in [0.5, 0.6) is 0 Å². The van der Waals surface area contributed by atoms with Crippen molar-refractivity contribution in [2.45, 2.75) is 38.8 Å². The number of carboxylic acids is 1. The van der Waals surface area contributed by atoms with Gasteiger partial charge in [-0.3, -0.25) is 10.1 Å². The fraction of sp³-hybridized carbons (Fsp3) is 0.375. The van der Waals surface area contributed by atoms with Crippen molar-refractivity contribution < 1.29 is 9.90 Å². The van der Waals surface area contributed by atoms with Crippen molar-refractivity contribution in [3.63, 3.8) is 0 Å². The minimum absolute atomic E-state index is 0.535. The Balaban J connectivity index is 2.02. The van der Waals surface area contributed by atoms with Gasteiger partial charge in [0.05, 0.1) is 6.33 Å². The number of hydrogen-bond donors (Lipinski definition) is 2. The Morgan fingerprint density at radius 1 is 1.38 bits per heavy atom. The van der Waals surface area contributed by atoms with Crippen molar-refractivity contribution in [3.05, 3.63) is 48.5 Å². The Hall–Kier alpha value is -2.14. The summed E-state index contributed by atoms with van der Waals surface area (Å²) < 4.78 is 1.93. The van der Waals surface area contributed by atoms with Crippen LogP contribution in [-0.2, 0) is 11.3 Å². The number of carbonyl (C=O) groups is 1. The molecule has 21 heavy (non-hydrogen) atoms. The smallest absolute Gasteiger partial charge is 0.323 e. The van der Waals surface area contributed by atoms with Gasteiger partial charge in [-0.15, -0.1) is 0 Å². The van der Waals surface area contributed by atoms with E-state index in [4.69, 9.17) is 0 Å². The number of nitrogens with one attached hydrogen (secondary N) is 1. The van der Waals surface area contributed by atoms with Crippen LogP contribution in [0.1, 0.15) is 32.3 Å². The molecule has 1 atom stereocenters. The molecule has 0 bridgehead atoms. The lowest BCUT2D eigenvalue weighted by Crippen LogP contribution is -2.48. The topological polar surface area (TPSA) is 67.2 Å². The molecular weight excluding hydrogens is 266 g/mol. The first-order valence-electron chi connectivity index (χ1n) is 7.11. The third kappa shape index (κ3) is 3.70. The van der Waals surface area contributed by atoms with Crippen molar-refractivity contribution in [2.75, 3.05) is 0 Å². The molecule has 1 aromatic carbocycles. The summed E-state index contributed by atoms with van der Waals surface area (Å²) >= 11 is 0. The van der Waals surface area contributed by atoms with E-state index < -0.39 is 11.5 Å². The second kappa shape index (κ2) is 6.54. The number of rotatable bonds is 7. The molecule has 0 aliphatic rings. The summed E-state index contributed by atoms with van der Waals surface area (Å²) in [5.74, 6) is -0.806. The second-order valence-corrected chi connectivity index (χ2v) is 5.38. The first-order valence-corrected chi connectivity index (χ1v) is 7.11. The number of carboxylic acid groups (broad SMARTS) is 1. The van der Waals surface area contributed by atoms with Crippen molar-refractivity contribution in [1.82, 2.24) is 14.9 Å². The fourth-order valence-corrected chi connectivity index (χ4v) is 2.27. The fourth-order valence-electron chi connectivity index (χ4n) is 2.27. The zero-order valence-electron chi connectivity index (χ0n) is 12.4. The lowest BCUT2D eigenvalue weighted by molar-refractivity contribution is -0.144. The first kappa shape index (κ1) is 15.3. The van der Waals surface area contributed by atoms with E-state index in [2.05, 4.69) is 10.3 Å². The average Bonchev–Trinajstić information content (AvgIpc) is 3.00. The highest BCUT2D eigenvalue weighted by Crippen LogP contribution is 2.15. The van der Waals surface area contributed by atoms with Crippen LogP contribution in [0.3, 0.4) is 0 Å². The SMILES string of the molecule is CCCC(C)(NCc1ccc(-n2ccnc2)cc1)C(=O)O. The number of hydrogen-bond acceptors (Lipinski definition) is 3. The lowest BCUT2D eigenvalue weighted by Gasteiger charge is -2.26. The molecule has 1 aromatic heterocycles. The van der Waals surface area contributed by atoms with E-state index in [-0.39, 0.29) is 0 Å². The molecule has 1 unspecified atom stereocenters. The summed E-state index contributed by atoms with van der Waals surface area (Å²) in [5, 5.41) is 12.5. The summed E-state index contributed by atoms with van der Waals surface area (Å²) in [6.45, 7) is 4.26. The Kier molecular flexibility index (Phi) is 4.75. The molecule has 112 valence electrons. The van der Waals surface area contributed by atoms with Crippen LogP contribution in [0, 0.1) is 0 Å². The maximum absolute atomic E-state index is 11.4. The standard InChI is InChI=1S/C16H21N3O2/c1-3-8-16(2,15(20)21)18-11-13-4-6-14(7-5-13)19-10-9-17-12-19/h4-7,9-10,12,18H,3,8,11H2,1-2H3,(H,20,21). The molecule has 2 aromatic rings. The number of benzene rings is 1. The molecule has 0 spiro atoms. The van der Waals surface area contributed by atoms with Gasteiger partial charge in [-0.1, -0.05) is 25.5 Å². The minimum Gasteiger partial charge on any atom is -0.480 e. The molecule has 0 aliphatic heterocycles. The van der Waals surface area contributed by atoms with E-state index in [1.165, 1.54) is 0 Å². The summed E-state index contributed by atoms with van der Waals surface area (Å²) in [4.78, 5) is 15.4. The van der Waals surface area contributed by atoms with Gasteiger partial charge in [-0.25, -0.2) is 4.98 Å².